The highest BCUT2D eigenvalue weighted by Crippen LogP contribution is 2.19. The molecule has 0 amide bonds. The van der Waals surface area contributed by atoms with Gasteiger partial charge in [0.2, 0.25) is 0 Å². The first-order valence-corrected chi connectivity index (χ1v) is 7.97. The second-order valence-electron chi connectivity index (χ2n) is 6.27. The zero-order valence-corrected chi connectivity index (χ0v) is 12.9. The lowest BCUT2D eigenvalue weighted by Gasteiger charge is -2.13. The zero-order valence-electron chi connectivity index (χ0n) is 12.9. The minimum absolute atomic E-state index is 0.822. The summed E-state index contributed by atoms with van der Waals surface area (Å²) in [5, 5.41) is 3.71. The maximum atomic E-state index is 3.71. The zero-order chi connectivity index (χ0) is 13.7. The highest BCUT2D eigenvalue weighted by molar-refractivity contribution is 5.37. The molecular weight excluding hydrogens is 230 g/mol. The molecule has 1 fully saturated rings. The second kappa shape index (κ2) is 7.09. The van der Waals surface area contributed by atoms with Crippen LogP contribution in [-0.4, -0.2) is 12.6 Å². The van der Waals surface area contributed by atoms with Crippen molar-refractivity contribution in [3.05, 3.63) is 34.4 Å². The van der Waals surface area contributed by atoms with E-state index in [0.717, 1.165) is 6.04 Å². The molecule has 1 aromatic carbocycles. The molecule has 0 aliphatic heterocycles. The van der Waals surface area contributed by atoms with Gasteiger partial charge in [-0.2, -0.15) is 0 Å². The van der Waals surface area contributed by atoms with Crippen molar-refractivity contribution < 1.29 is 0 Å². The van der Waals surface area contributed by atoms with Crippen molar-refractivity contribution in [2.75, 3.05) is 6.54 Å². The van der Waals surface area contributed by atoms with E-state index in [1.54, 1.807) is 5.56 Å². The summed E-state index contributed by atoms with van der Waals surface area (Å²) >= 11 is 0. The van der Waals surface area contributed by atoms with Crippen molar-refractivity contribution in [1.29, 1.82) is 0 Å². The lowest BCUT2D eigenvalue weighted by Crippen LogP contribution is -2.26. The number of unbranched alkanes of at least 4 members (excludes halogenated alkanes) is 1. The fourth-order valence-electron chi connectivity index (χ4n) is 3.47. The quantitative estimate of drug-likeness (QED) is 0.743. The molecule has 1 nitrogen and oxygen atoms in total. The summed E-state index contributed by atoms with van der Waals surface area (Å²) in [5.41, 5.74) is 5.91. The van der Waals surface area contributed by atoms with Gasteiger partial charge in [0.05, 0.1) is 0 Å². The molecule has 19 heavy (non-hydrogen) atoms. The monoisotopic (exact) mass is 259 g/mol. The number of aryl methyl sites for hydroxylation is 3. The molecule has 0 aromatic heterocycles. The van der Waals surface area contributed by atoms with Gasteiger partial charge in [0.1, 0.15) is 0 Å². The fourth-order valence-corrected chi connectivity index (χ4v) is 3.47. The first-order valence-electron chi connectivity index (χ1n) is 7.97. The third-order valence-electron chi connectivity index (χ3n) is 4.48. The molecule has 2 rings (SSSR count). The molecule has 106 valence electrons. The van der Waals surface area contributed by atoms with E-state index in [-0.39, 0.29) is 0 Å². The average molecular weight is 259 g/mol. The largest absolute Gasteiger partial charge is 0.314 e. The van der Waals surface area contributed by atoms with Gasteiger partial charge in [-0.25, -0.2) is 0 Å². The molecule has 0 unspecified atom stereocenters. The lowest BCUT2D eigenvalue weighted by molar-refractivity contribution is 0.507. The Morgan fingerprint density at radius 1 is 1.00 bits per heavy atom. The number of benzene rings is 1. The van der Waals surface area contributed by atoms with E-state index in [9.17, 15) is 0 Å². The molecule has 1 aliphatic carbocycles. The van der Waals surface area contributed by atoms with Crippen molar-refractivity contribution in [1.82, 2.24) is 5.32 Å². The van der Waals surface area contributed by atoms with Crippen LogP contribution in [0.5, 0.6) is 0 Å². The number of nitrogens with one attached hydrogen (secondary N) is 1. The molecule has 0 radical (unpaired) electrons. The Kier molecular flexibility index (Phi) is 5.45. The van der Waals surface area contributed by atoms with E-state index in [4.69, 9.17) is 0 Å². The summed E-state index contributed by atoms with van der Waals surface area (Å²) in [6.07, 6.45) is 9.52. The molecule has 1 heteroatoms. The van der Waals surface area contributed by atoms with Gasteiger partial charge in [-0.15, -0.1) is 0 Å². The van der Waals surface area contributed by atoms with Gasteiger partial charge in [0, 0.05) is 6.04 Å². The van der Waals surface area contributed by atoms with Crippen LogP contribution in [0.3, 0.4) is 0 Å². The summed E-state index contributed by atoms with van der Waals surface area (Å²) in [6.45, 7) is 7.90. The molecule has 1 aromatic rings. The number of rotatable bonds is 6. The third kappa shape index (κ3) is 4.35. The molecule has 1 N–H and O–H groups in total. The van der Waals surface area contributed by atoms with Crippen LogP contribution in [0.4, 0.5) is 0 Å². The fraction of sp³-hybridized carbons (Fsp3) is 0.667. The van der Waals surface area contributed by atoms with Crippen LogP contribution in [0.2, 0.25) is 0 Å². The van der Waals surface area contributed by atoms with Crippen LogP contribution in [0.15, 0.2) is 12.1 Å². The minimum atomic E-state index is 0.822. The molecule has 0 atom stereocenters. The Morgan fingerprint density at radius 3 is 2.26 bits per heavy atom. The summed E-state index contributed by atoms with van der Waals surface area (Å²) < 4.78 is 0. The van der Waals surface area contributed by atoms with Gasteiger partial charge in [-0.1, -0.05) is 30.5 Å². The van der Waals surface area contributed by atoms with Crippen LogP contribution in [0.1, 0.15) is 60.8 Å². The van der Waals surface area contributed by atoms with E-state index in [1.165, 1.54) is 68.2 Å². The van der Waals surface area contributed by atoms with E-state index < -0.39 is 0 Å². The maximum Gasteiger partial charge on any atom is 0.00670 e. The lowest BCUT2D eigenvalue weighted by atomic mass is 9.95. The predicted octanol–water partition coefficient (Wildman–Crippen LogP) is 4.47. The average Bonchev–Trinajstić information content (AvgIpc) is 2.84. The van der Waals surface area contributed by atoms with Gasteiger partial charge in [-0.05, 0) is 76.1 Å². The van der Waals surface area contributed by atoms with Crippen molar-refractivity contribution in [3.63, 3.8) is 0 Å². The van der Waals surface area contributed by atoms with Gasteiger partial charge in [0.15, 0.2) is 0 Å². The summed E-state index contributed by atoms with van der Waals surface area (Å²) in [7, 11) is 0. The van der Waals surface area contributed by atoms with Crippen LogP contribution in [0, 0.1) is 20.8 Å². The van der Waals surface area contributed by atoms with Crippen LogP contribution < -0.4 is 5.32 Å². The third-order valence-corrected chi connectivity index (χ3v) is 4.48. The Labute approximate surface area is 118 Å². The van der Waals surface area contributed by atoms with Crippen LogP contribution >= 0.6 is 0 Å². The SMILES string of the molecule is Cc1cc(C)c(CCCCNC2CCCC2)c(C)c1. The molecule has 0 heterocycles. The molecule has 1 aliphatic rings. The Morgan fingerprint density at radius 2 is 1.63 bits per heavy atom. The first kappa shape index (κ1) is 14.6. The molecular formula is C18H29N. The van der Waals surface area contributed by atoms with E-state index in [0.29, 0.717) is 0 Å². The van der Waals surface area contributed by atoms with E-state index >= 15 is 0 Å². The molecule has 1 saturated carbocycles. The Balaban J connectivity index is 1.70. The van der Waals surface area contributed by atoms with Crippen molar-refractivity contribution in [2.24, 2.45) is 0 Å². The van der Waals surface area contributed by atoms with E-state index in [2.05, 4.69) is 38.2 Å². The van der Waals surface area contributed by atoms with Gasteiger partial charge >= 0.3 is 0 Å². The van der Waals surface area contributed by atoms with Crippen molar-refractivity contribution in [3.8, 4) is 0 Å². The first-order chi connectivity index (χ1) is 9.16. The molecule has 0 bridgehead atoms. The Bertz CT molecular complexity index is 379. The maximum absolute atomic E-state index is 3.71. The van der Waals surface area contributed by atoms with Gasteiger partial charge in [-0.3, -0.25) is 0 Å². The predicted molar refractivity (Wildman–Crippen MR) is 83.8 cm³/mol. The number of hydrogen-bond donors (Lipinski definition) is 1. The van der Waals surface area contributed by atoms with Crippen molar-refractivity contribution >= 4 is 0 Å². The molecule has 0 spiro atoms. The normalized spacial score (nSPS) is 16.2. The highest BCUT2D eigenvalue weighted by Gasteiger charge is 2.13. The van der Waals surface area contributed by atoms with Gasteiger partial charge in [0.25, 0.3) is 0 Å². The Hall–Kier alpha value is -0.820. The summed E-state index contributed by atoms with van der Waals surface area (Å²) in [6, 6.07) is 5.46. The minimum Gasteiger partial charge on any atom is -0.314 e. The number of hydrogen-bond acceptors (Lipinski definition) is 1. The topological polar surface area (TPSA) is 12.0 Å². The smallest absolute Gasteiger partial charge is 0.00670 e. The summed E-state index contributed by atoms with van der Waals surface area (Å²) in [5.74, 6) is 0. The summed E-state index contributed by atoms with van der Waals surface area (Å²) in [4.78, 5) is 0. The van der Waals surface area contributed by atoms with Crippen LogP contribution in [-0.2, 0) is 6.42 Å². The molecule has 0 saturated heterocycles. The second-order valence-corrected chi connectivity index (χ2v) is 6.27. The van der Waals surface area contributed by atoms with Crippen LogP contribution in [0.25, 0.3) is 0 Å². The van der Waals surface area contributed by atoms with Gasteiger partial charge < -0.3 is 5.32 Å². The van der Waals surface area contributed by atoms with E-state index in [1.807, 2.05) is 0 Å². The van der Waals surface area contributed by atoms with Crippen molar-refractivity contribution in [2.45, 2.75) is 71.8 Å². The highest BCUT2D eigenvalue weighted by atomic mass is 14.9. The standard InChI is InChI=1S/C18H29N/c1-14-12-15(2)18(16(3)13-14)10-6-7-11-19-17-8-4-5-9-17/h12-13,17,19H,4-11H2,1-3H3.